The van der Waals surface area contributed by atoms with E-state index in [-0.39, 0.29) is 11.8 Å². The minimum Gasteiger partial charge on any atom is -0.350 e. The van der Waals surface area contributed by atoms with Gasteiger partial charge in [-0.3, -0.25) is 9.59 Å². The third-order valence-electron chi connectivity index (χ3n) is 6.04. The van der Waals surface area contributed by atoms with Gasteiger partial charge in [0.1, 0.15) is 5.70 Å². The number of rotatable bonds is 4. The zero-order valence-electron chi connectivity index (χ0n) is 18.5. The summed E-state index contributed by atoms with van der Waals surface area (Å²) in [5.74, 6) is -0.658. The van der Waals surface area contributed by atoms with Crippen LogP contribution in [0.3, 0.4) is 0 Å². The molecule has 0 fully saturated rings. The van der Waals surface area contributed by atoms with Crippen LogP contribution in [0.25, 0.3) is 5.57 Å². The van der Waals surface area contributed by atoms with Crippen LogP contribution in [0, 0.1) is 34.6 Å². The lowest BCUT2D eigenvalue weighted by Gasteiger charge is -2.17. The minimum atomic E-state index is -0.343. The summed E-state index contributed by atoms with van der Waals surface area (Å²) in [4.78, 5) is 28.4. The molecule has 4 rings (SSSR count). The molecule has 156 valence electrons. The first-order valence-electron chi connectivity index (χ1n) is 10.4. The first kappa shape index (κ1) is 20.6. The van der Waals surface area contributed by atoms with Crippen molar-refractivity contribution in [2.45, 2.75) is 34.6 Å². The molecule has 1 heterocycles. The Labute approximate surface area is 183 Å². The first-order chi connectivity index (χ1) is 14.8. The van der Waals surface area contributed by atoms with Crippen molar-refractivity contribution in [3.05, 3.63) is 99.7 Å². The molecule has 0 aromatic heterocycles. The molecule has 0 unspecified atom stereocenters. The Morgan fingerprint density at radius 2 is 1.42 bits per heavy atom. The van der Waals surface area contributed by atoms with E-state index in [9.17, 15) is 9.59 Å². The van der Waals surface area contributed by atoms with E-state index in [2.05, 4.69) is 5.32 Å². The molecule has 0 bridgehead atoms. The Bertz CT molecular complexity index is 1240. The zero-order chi connectivity index (χ0) is 22.3. The van der Waals surface area contributed by atoms with E-state index in [0.717, 1.165) is 39.1 Å². The average molecular weight is 411 g/mol. The number of anilines is 2. The summed E-state index contributed by atoms with van der Waals surface area (Å²) < 4.78 is 0. The number of amides is 2. The van der Waals surface area contributed by atoms with Crippen molar-refractivity contribution in [1.82, 2.24) is 0 Å². The fourth-order valence-corrected chi connectivity index (χ4v) is 3.75. The summed E-state index contributed by atoms with van der Waals surface area (Å²) >= 11 is 0. The lowest BCUT2D eigenvalue weighted by molar-refractivity contribution is -0.120. The van der Waals surface area contributed by atoms with E-state index in [1.165, 1.54) is 4.90 Å². The fourth-order valence-electron chi connectivity index (χ4n) is 3.75. The Hall–Kier alpha value is -3.66. The maximum Gasteiger partial charge on any atom is 0.282 e. The molecule has 31 heavy (non-hydrogen) atoms. The summed E-state index contributed by atoms with van der Waals surface area (Å²) in [5, 5.41) is 3.29. The molecule has 0 atom stereocenters. The maximum atomic E-state index is 13.6. The topological polar surface area (TPSA) is 49.4 Å². The van der Waals surface area contributed by atoms with Crippen molar-refractivity contribution < 1.29 is 9.59 Å². The summed E-state index contributed by atoms with van der Waals surface area (Å²) in [5.41, 5.74) is 8.23. The van der Waals surface area contributed by atoms with Crippen LogP contribution in [-0.4, -0.2) is 11.8 Å². The van der Waals surface area contributed by atoms with Gasteiger partial charge in [0.15, 0.2) is 0 Å². The van der Waals surface area contributed by atoms with Gasteiger partial charge in [-0.05, 0) is 80.6 Å². The maximum absolute atomic E-state index is 13.6. The van der Waals surface area contributed by atoms with Crippen LogP contribution < -0.4 is 10.2 Å². The molecule has 4 heteroatoms. The molecule has 0 saturated heterocycles. The average Bonchev–Trinajstić information content (AvgIpc) is 2.98. The van der Waals surface area contributed by atoms with E-state index in [4.69, 9.17) is 0 Å². The van der Waals surface area contributed by atoms with Crippen molar-refractivity contribution in [2.75, 3.05) is 10.2 Å². The molecular formula is C27H26N2O2. The summed E-state index contributed by atoms with van der Waals surface area (Å²) in [6.07, 6.45) is 0. The molecule has 3 aromatic rings. The van der Waals surface area contributed by atoms with Crippen molar-refractivity contribution in [1.29, 1.82) is 0 Å². The van der Waals surface area contributed by atoms with Crippen molar-refractivity contribution in [3.63, 3.8) is 0 Å². The summed E-state index contributed by atoms with van der Waals surface area (Å²) in [6.45, 7) is 10.0. The molecule has 0 saturated carbocycles. The predicted octanol–water partition coefficient (Wildman–Crippen LogP) is 5.63. The molecule has 1 N–H and O–H groups in total. The molecule has 0 radical (unpaired) electrons. The number of imide groups is 1. The van der Waals surface area contributed by atoms with Gasteiger partial charge in [-0.15, -0.1) is 0 Å². The largest absolute Gasteiger partial charge is 0.350 e. The van der Waals surface area contributed by atoms with Crippen LogP contribution in [0.2, 0.25) is 0 Å². The van der Waals surface area contributed by atoms with Crippen LogP contribution in [0.15, 0.2) is 66.4 Å². The van der Waals surface area contributed by atoms with Gasteiger partial charge in [0.25, 0.3) is 11.8 Å². The first-order valence-corrected chi connectivity index (χ1v) is 10.4. The smallest absolute Gasteiger partial charge is 0.282 e. The lowest BCUT2D eigenvalue weighted by Crippen LogP contribution is -2.32. The van der Waals surface area contributed by atoms with Gasteiger partial charge in [0.05, 0.1) is 11.3 Å². The van der Waals surface area contributed by atoms with Gasteiger partial charge in [-0.1, -0.05) is 48.0 Å². The number of hydrogen-bond acceptors (Lipinski definition) is 3. The second-order valence-electron chi connectivity index (χ2n) is 8.20. The highest BCUT2D eigenvalue weighted by molar-refractivity contribution is 6.46. The third kappa shape index (κ3) is 3.66. The zero-order valence-corrected chi connectivity index (χ0v) is 18.5. The highest BCUT2D eigenvalue weighted by atomic mass is 16.2. The SMILES string of the molecule is Cc1ccc(C2=C(Nc3cccc(C)c3C)C(=O)N(c3ccc(C)c(C)c3)C2=O)cc1. The highest BCUT2D eigenvalue weighted by Crippen LogP contribution is 2.35. The number of carbonyl (C=O) groups is 2. The molecule has 4 nitrogen and oxygen atoms in total. The van der Waals surface area contributed by atoms with Crippen LogP contribution in [0.4, 0.5) is 11.4 Å². The number of nitrogens with one attached hydrogen (secondary N) is 1. The van der Waals surface area contributed by atoms with Crippen LogP contribution in [0.1, 0.15) is 33.4 Å². The second-order valence-corrected chi connectivity index (χ2v) is 8.20. The van der Waals surface area contributed by atoms with Crippen molar-refractivity contribution in [3.8, 4) is 0 Å². The Morgan fingerprint density at radius 1 is 0.710 bits per heavy atom. The van der Waals surface area contributed by atoms with Crippen molar-refractivity contribution >= 4 is 28.8 Å². The minimum absolute atomic E-state index is 0.306. The van der Waals surface area contributed by atoms with Crippen molar-refractivity contribution in [2.24, 2.45) is 0 Å². The highest BCUT2D eigenvalue weighted by Gasteiger charge is 2.40. The number of hydrogen-bond donors (Lipinski definition) is 1. The van der Waals surface area contributed by atoms with Gasteiger partial charge in [-0.2, -0.15) is 0 Å². The normalized spacial score (nSPS) is 13.9. The van der Waals surface area contributed by atoms with E-state index < -0.39 is 0 Å². The molecule has 2 amide bonds. The van der Waals surface area contributed by atoms with E-state index >= 15 is 0 Å². The standard InChI is InChI=1S/C27H26N2O2/c1-16-9-12-21(13-10-16)24-25(28-23-8-6-7-18(3)20(23)5)27(31)29(26(24)30)22-14-11-17(2)19(4)15-22/h6-15,28H,1-5H3. The van der Waals surface area contributed by atoms with Gasteiger partial charge in [-0.25, -0.2) is 4.90 Å². The predicted molar refractivity (Wildman–Crippen MR) is 126 cm³/mol. The number of benzene rings is 3. The van der Waals surface area contributed by atoms with Gasteiger partial charge in [0, 0.05) is 5.69 Å². The van der Waals surface area contributed by atoms with E-state index in [1.807, 2.05) is 95.3 Å². The number of nitrogens with zero attached hydrogens (tertiary/aromatic N) is 1. The number of carbonyl (C=O) groups excluding carboxylic acids is 2. The Balaban J connectivity index is 1.85. The molecule has 1 aliphatic rings. The second kappa shape index (κ2) is 7.88. The van der Waals surface area contributed by atoms with Gasteiger partial charge < -0.3 is 5.32 Å². The monoisotopic (exact) mass is 410 g/mol. The Kier molecular flexibility index (Phi) is 5.24. The van der Waals surface area contributed by atoms with Gasteiger partial charge >= 0.3 is 0 Å². The fraction of sp³-hybridized carbons (Fsp3) is 0.185. The Morgan fingerprint density at radius 3 is 2.10 bits per heavy atom. The molecule has 0 aliphatic carbocycles. The lowest BCUT2D eigenvalue weighted by atomic mass is 10.0. The van der Waals surface area contributed by atoms with Gasteiger partial charge in [0.2, 0.25) is 0 Å². The summed E-state index contributed by atoms with van der Waals surface area (Å²) in [6, 6.07) is 19.2. The van der Waals surface area contributed by atoms with E-state index in [0.29, 0.717) is 17.0 Å². The van der Waals surface area contributed by atoms with Crippen LogP contribution in [0.5, 0.6) is 0 Å². The van der Waals surface area contributed by atoms with Crippen LogP contribution >= 0.6 is 0 Å². The molecule has 0 spiro atoms. The molecular weight excluding hydrogens is 384 g/mol. The number of aryl methyl sites for hydroxylation is 4. The molecule has 3 aromatic carbocycles. The summed E-state index contributed by atoms with van der Waals surface area (Å²) in [7, 11) is 0. The molecule has 1 aliphatic heterocycles. The van der Waals surface area contributed by atoms with Crippen LogP contribution in [-0.2, 0) is 9.59 Å². The third-order valence-corrected chi connectivity index (χ3v) is 6.04. The quantitative estimate of drug-likeness (QED) is 0.568. The van der Waals surface area contributed by atoms with E-state index in [1.54, 1.807) is 0 Å².